The highest BCUT2D eigenvalue weighted by molar-refractivity contribution is 7.99. The lowest BCUT2D eigenvalue weighted by atomic mass is 9.95. The maximum absolute atomic E-state index is 12.2. The molecule has 8 heteroatoms. The minimum Gasteiger partial charge on any atom is -0.352 e. The number of aromatic nitrogens is 2. The summed E-state index contributed by atoms with van der Waals surface area (Å²) in [7, 11) is -2.97. The number of hydrogen-bond acceptors (Lipinski definition) is 5. The van der Waals surface area contributed by atoms with Crippen molar-refractivity contribution < 1.29 is 13.2 Å². The molecule has 1 aromatic heterocycles. The van der Waals surface area contributed by atoms with Crippen molar-refractivity contribution in [3.05, 3.63) is 11.4 Å². The minimum atomic E-state index is -2.97. The van der Waals surface area contributed by atoms with Crippen LogP contribution in [0.4, 0.5) is 0 Å². The zero-order chi connectivity index (χ0) is 18.0. The zero-order valence-electron chi connectivity index (χ0n) is 15.0. The van der Waals surface area contributed by atoms with Gasteiger partial charge in [-0.2, -0.15) is 0 Å². The highest BCUT2D eigenvalue weighted by Gasteiger charge is 2.29. The Kier molecular flexibility index (Phi) is 5.78. The molecule has 1 saturated heterocycles. The highest BCUT2D eigenvalue weighted by Crippen LogP contribution is 2.34. The first kappa shape index (κ1) is 18.8. The van der Waals surface area contributed by atoms with Crippen LogP contribution in [0.25, 0.3) is 0 Å². The van der Waals surface area contributed by atoms with E-state index in [1.54, 1.807) is 0 Å². The number of nitrogens with one attached hydrogen (secondary N) is 1. The van der Waals surface area contributed by atoms with Crippen LogP contribution in [0.2, 0.25) is 0 Å². The summed E-state index contributed by atoms with van der Waals surface area (Å²) in [6.45, 7) is 4.12. The topological polar surface area (TPSA) is 81.1 Å². The molecule has 3 rings (SSSR count). The molecule has 2 aliphatic rings. The number of aryl methyl sites for hydroxylation is 1. The Morgan fingerprint density at radius 2 is 1.96 bits per heavy atom. The molecule has 1 aromatic rings. The molecule has 6 nitrogen and oxygen atoms in total. The molecule has 140 valence electrons. The van der Waals surface area contributed by atoms with E-state index in [0.29, 0.717) is 12.5 Å². The molecule has 1 aliphatic heterocycles. The van der Waals surface area contributed by atoms with Gasteiger partial charge in [0.05, 0.1) is 23.0 Å². The standard InChI is InChI=1S/C17H27N3O3S2/c1-12-13(2)20(15-6-4-3-5-7-15)17(18-12)24-10-16(21)19-14-8-9-25(22,23)11-14/h14-15H,3-11H2,1-2H3,(H,19,21). The Hall–Kier alpha value is -1.02. The van der Waals surface area contributed by atoms with E-state index in [9.17, 15) is 13.2 Å². The summed E-state index contributed by atoms with van der Waals surface area (Å²) in [5.41, 5.74) is 2.21. The van der Waals surface area contributed by atoms with Crippen molar-refractivity contribution in [2.75, 3.05) is 17.3 Å². The predicted octanol–water partition coefficient (Wildman–Crippen LogP) is 2.40. The summed E-state index contributed by atoms with van der Waals surface area (Å²) in [5.74, 6) is 0.410. The van der Waals surface area contributed by atoms with Gasteiger partial charge in [-0.25, -0.2) is 13.4 Å². The van der Waals surface area contributed by atoms with Crippen LogP contribution in [0.15, 0.2) is 5.16 Å². The van der Waals surface area contributed by atoms with E-state index in [2.05, 4.69) is 21.8 Å². The second-order valence-corrected chi connectivity index (χ2v) is 10.4. The molecule has 1 amide bonds. The maximum atomic E-state index is 12.2. The number of amides is 1. The van der Waals surface area contributed by atoms with Crippen molar-refractivity contribution in [3.8, 4) is 0 Å². The lowest BCUT2D eigenvalue weighted by molar-refractivity contribution is -0.119. The van der Waals surface area contributed by atoms with Gasteiger partial charge in [0.1, 0.15) is 0 Å². The van der Waals surface area contributed by atoms with Crippen LogP contribution in [0, 0.1) is 13.8 Å². The largest absolute Gasteiger partial charge is 0.352 e. The number of nitrogens with zero attached hydrogens (tertiary/aromatic N) is 2. The Morgan fingerprint density at radius 1 is 1.24 bits per heavy atom. The Balaban J connectivity index is 1.61. The number of hydrogen-bond donors (Lipinski definition) is 1. The zero-order valence-corrected chi connectivity index (χ0v) is 16.6. The van der Waals surface area contributed by atoms with Crippen molar-refractivity contribution in [2.24, 2.45) is 0 Å². The molecule has 1 unspecified atom stereocenters. The van der Waals surface area contributed by atoms with Crippen molar-refractivity contribution >= 4 is 27.5 Å². The lowest BCUT2D eigenvalue weighted by Gasteiger charge is -2.26. The van der Waals surface area contributed by atoms with Gasteiger partial charge in [0, 0.05) is 17.8 Å². The van der Waals surface area contributed by atoms with Crippen molar-refractivity contribution in [1.82, 2.24) is 14.9 Å². The molecule has 2 fully saturated rings. The number of thioether (sulfide) groups is 1. The average molecular weight is 386 g/mol. The summed E-state index contributed by atoms with van der Waals surface area (Å²) in [6, 6.07) is 0.250. The molecule has 0 aromatic carbocycles. The SMILES string of the molecule is Cc1nc(SCC(=O)NC2CCS(=O)(=O)C2)n(C2CCCCC2)c1C. The predicted molar refractivity (Wildman–Crippen MR) is 99.7 cm³/mol. The Labute approximate surface area is 154 Å². The summed E-state index contributed by atoms with van der Waals surface area (Å²) < 4.78 is 25.3. The fourth-order valence-corrected chi connectivity index (χ4v) is 6.42. The summed E-state index contributed by atoms with van der Waals surface area (Å²) in [6.07, 6.45) is 6.68. The van der Waals surface area contributed by atoms with Gasteiger partial charge in [-0.1, -0.05) is 31.0 Å². The average Bonchev–Trinajstić information content (AvgIpc) is 3.05. The number of carbonyl (C=O) groups is 1. The Bertz CT molecular complexity index is 737. The van der Waals surface area contributed by atoms with E-state index in [1.165, 1.54) is 49.6 Å². The van der Waals surface area contributed by atoms with Crippen LogP contribution in [0.5, 0.6) is 0 Å². The molecule has 2 heterocycles. The van der Waals surface area contributed by atoms with Crippen LogP contribution < -0.4 is 5.32 Å². The number of imidazole rings is 1. The van der Waals surface area contributed by atoms with Gasteiger partial charge in [-0.3, -0.25) is 4.79 Å². The van der Waals surface area contributed by atoms with E-state index in [-0.39, 0.29) is 29.2 Å². The van der Waals surface area contributed by atoms with E-state index in [0.717, 1.165) is 10.9 Å². The third-order valence-corrected chi connectivity index (χ3v) is 7.94. The molecule has 0 radical (unpaired) electrons. The van der Waals surface area contributed by atoms with Crippen LogP contribution in [0.3, 0.4) is 0 Å². The van der Waals surface area contributed by atoms with E-state index in [1.807, 2.05) is 6.92 Å². The van der Waals surface area contributed by atoms with Gasteiger partial charge in [0.15, 0.2) is 15.0 Å². The van der Waals surface area contributed by atoms with Gasteiger partial charge >= 0.3 is 0 Å². The van der Waals surface area contributed by atoms with Crippen LogP contribution >= 0.6 is 11.8 Å². The number of carbonyl (C=O) groups excluding carboxylic acids is 1. The van der Waals surface area contributed by atoms with Gasteiger partial charge in [0.2, 0.25) is 5.91 Å². The smallest absolute Gasteiger partial charge is 0.230 e. The molecule has 1 atom stereocenters. The first-order valence-corrected chi connectivity index (χ1v) is 11.8. The summed E-state index contributed by atoms with van der Waals surface area (Å²) in [5, 5.41) is 3.76. The second-order valence-electron chi connectivity index (χ2n) is 7.18. The normalized spacial score (nSPS) is 23.7. The van der Waals surface area contributed by atoms with Crippen LogP contribution in [0.1, 0.15) is 56.0 Å². The molecular weight excluding hydrogens is 358 g/mol. The van der Waals surface area contributed by atoms with E-state index >= 15 is 0 Å². The number of rotatable bonds is 5. The summed E-state index contributed by atoms with van der Waals surface area (Å²) >= 11 is 1.46. The minimum absolute atomic E-state index is 0.0678. The first-order valence-electron chi connectivity index (χ1n) is 9.04. The molecule has 25 heavy (non-hydrogen) atoms. The quantitative estimate of drug-likeness (QED) is 0.787. The van der Waals surface area contributed by atoms with Gasteiger partial charge in [-0.15, -0.1) is 0 Å². The molecule has 0 spiro atoms. The number of sulfone groups is 1. The van der Waals surface area contributed by atoms with E-state index in [4.69, 9.17) is 0 Å². The second kappa shape index (κ2) is 7.70. The van der Waals surface area contributed by atoms with Gasteiger partial charge < -0.3 is 9.88 Å². The highest BCUT2D eigenvalue weighted by atomic mass is 32.2. The third kappa shape index (κ3) is 4.58. The van der Waals surface area contributed by atoms with Crippen LogP contribution in [-0.2, 0) is 14.6 Å². The molecule has 1 aliphatic carbocycles. The van der Waals surface area contributed by atoms with Crippen molar-refractivity contribution in [2.45, 2.75) is 69.6 Å². The monoisotopic (exact) mass is 385 g/mol. The Morgan fingerprint density at radius 3 is 2.60 bits per heavy atom. The van der Waals surface area contributed by atoms with Gasteiger partial charge in [-0.05, 0) is 33.1 Å². The fourth-order valence-electron chi connectivity index (χ4n) is 3.78. The van der Waals surface area contributed by atoms with Crippen molar-refractivity contribution in [1.29, 1.82) is 0 Å². The summed E-state index contributed by atoms with van der Waals surface area (Å²) in [4.78, 5) is 16.9. The van der Waals surface area contributed by atoms with E-state index < -0.39 is 9.84 Å². The maximum Gasteiger partial charge on any atom is 0.230 e. The molecule has 0 bridgehead atoms. The van der Waals surface area contributed by atoms with Crippen molar-refractivity contribution in [3.63, 3.8) is 0 Å². The van der Waals surface area contributed by atoms with Gasteiger partial charge in [0.25, 0.3) is 0 Å². The molecule has 1 saturated carbocycles. The fraction of sp³-hybridized carbons (Fsp3) is 0.765. The first-order chi connectivity index (χ1) is 11.9. The van der Waals surface area contributed by atoms with Crippen LogP contribution in [-0.4, -0.2) is 47.2 Å². The molecular formula is C17H27N3O3S2. The molecule has 1 N–H and O–H groups in total. The lowest BCUT2D eigenvalue weighted by Crippen LogP contribution is -2.36. The third-order valence-electron chi connectivity index (χ3n) is 5.22.